The number of rotatable bonds is 7. The van der Waals surface area contributed by atoms with Crippen LogP contribution in [0.3, 0.4) is 0 Å². The number of benzene rings is 2. The van der Waals surface area contributed by atoms with Crippen molar-refractivity contribution in [3.8, 4) is 0 Å². The average Bonchev–Trinajstić information content (AvgIpc) is 2.75. The molecule has 1 fully saturated rings. The minimum absolute atomic E-state index is 0.0218. The summed E-state index contributed by atoms with van der Waals surface area (Å²) < 4.78 is 0. The Hall–Kier alpha value is -2.08. The molecule has 2 aromatic carbocycles. The lowest BCUT2D eigenvalue weighted by atomic mass is 9.96. The molecule has 160 valence electrons. The Bertz CT molecular complexity index is 856. The molecule has 0 spiro atoms. The normalized spacial score (nSPS) is 16.8. The van der Waals surface area contributed by atoms with Gasteiger partial charge in [-0.05, 0) is 44.0 Å². The van der Waals surface area contributed by atoms with E-state index in [1.165, 1.54) is 5.56 Å². The van der Waals surface area contributed by atoms with E-state index in [1.807, 2.05) is 25.1 Å². The van der Waals surface area contributed by atoms with E-state index in [-0.39, 0.29) is 24.3 Å². The Balaban J connectivity index is 1.58. The third-order valence-corrected chi connectivity index (χ3v) is 5.99. The van der Waals surface area contributed by atoms with E-state index >= 15 is 0 Å². The SMILES string of the molecule is CCN(CC(=O)Nc1c(Cl)cccc1Cl)C(=O)C1CCCN(Cc2ccccc2)C1. The van der Waals surface area contributed by atoms with E-state index < -0.39 is 0 Å². The van der Waals surface area contributed by atoms with Gasteiger partial charge in [0.25, 0.3) is 0 Å². The Morgan fingerprint density at radius 1 is 1.10 bits per heavy atom. The third kappa shape index (κ3) is 5.97. The number of halogens is 2. The first-order valence-corrected chi connectivity index (χ1v) is 11.0. The number of para-hydroxylation sites is 1. The Morgan fingerprint density at radius 3 is 2.47 bits per heavy atom. The average molecular weight is 448 g/mol. The fraction of sp³-hybridized carbons (Fsp3) is 0.391. The molecule has 1 saturated heterocycles. The summed E-state index contributed by atoms with van der Waals surface area (Å²) in [7, 11) is 0. The molecule has 0 bridgehead atoms. The molecule has 2 aromatic rings. The van der Waals surface area contributed by atoms with Gasteiger partial charge < -0.3 is 10.2 Å². The maximum absolute atomic E-state index is 13.1. The maximum Gasteiger partial charge on any atom is 0.244 e. The minimum Gasteiger partial charge on any atom is -0.333 e. The van der Waals surface area contributed by atoms with Crippen LogP contribution < -0.4 is 5.32 Å². The first-order chi connectivity index (χ1) is 14.5. The molecule has 0 saturated carbocycles. The molecule has 0 radical (unpaired) electrons. The van der Waals surface area contributed by atoms with Crippen molar-refractivity contribution >= 4 is 40.7 Å². The molecule has 0 aliphatic carbocycles. The molecule has 5 nitrogen and oxygen atoms in total. The van der Waals surface area contributed by atoms with E-state index in [0.717, 1.165) is 25.9 Å². The summed E-state index contributed by atoms with van der Waals surface area (Å²) in [5.41, 5.74) is 1.62. The minimum atomic E-state index is -0.308. The predicted molar refractivity (Wildman–Crippen MR) is 122 cm³/mol. The summed E-state index contributed by atoms with van der Waals surface area (Å²) in [5, 5.41) is 3.47. The van der Waals surface area contributed by atoms with Gasteiger partial charge in [0.15, 0.2) is 0 Å². The van der Waals surface area contributed by atoms with Gasteiger partial charge >= 0.3 is 0 Å². The third-order valence-electron chi connectivity index (χ3n) is 5.36. The number of likely N-dealkylation sites (tertiary alicyclic amines) is 1. The van der Waals surface area contributed by atoms with Crippen molar-refractivity contribution in [2.24, 2.45) is 5.92 Å². The summed E-state index contributed by atoms with van der Waals surface area (Å²) in [6, 6.07) is 15.3. The van der Waals surface area contributed by atoms with Crippen LogP contribution in [-0.2, 0) is 16.1 Å². The molecular formula is C23H27Cl2N3O2. The molecule has 1 aliphatic heterocycles. The Morgan fingerprint density at radius 2 is 1.80 bits per heavy atom. The zero-order chi connectivity index (χ0) is 21.5. The zero-order valence-electron chi connectivity index (χ0n) is 17.1. The van der Waals surface area contributed by atoms with Gasteiger partial charge in [-0.1, -0.05) is 59.6 Å². The summed E-state index contributed by atoms with van der Waals surface area (Å²) in [6.07, 6.45) is 1.82. The number of piperidine rings is 1. The fourth-order valence-corrected chi connectivity index (χ4v) is 4.31. The number of carbonyl (C=O) groups excluding carboxylic acids is 2. The largest absolute Gasteiger partial charge is 0.333 e. The Labute approximate surface area is 187 Å². The molecule has 1 N–H and O–H groups in total. The molecule has 1 heterocycles. The van der Waals surface area contributed by atoms with Crippen LogP contribution in [0.5, 0.6) is 0 Å². The molecule has 1 aliphatic rings. The van der Waals surface area contributed by atoms with Crippen LogP contribution >= 0.6 is 23.2 Å². The summed E-state index contributed by atoms with van der Waals surface area (Å²) in [6.45, 7) is 4.86. The molecular weight excluding hydrogens is 421 g/mol. The van der Waals surface area contributed by atoms with E-state index in [0.29, 0.717) is 28.8 Å². The zero-order valence-corrected chi connectivity index (χ0v) is 18.6. The second-order valence-electron chi connectivity index (χ2n) is 7.56. The van der Waals surface area contributed by atoms with E-state index in [2.05, 4.69) is 22.3 Å². The smallest absolute Gasteiger partial charge is 0.244 e. The van der Waals surface area contributed by atoms with Gasteiger partial charge in [0, 0.05) is 19.6 Å². The van der Waals surface area contributed by atoms with Crippen LogP contribution in [-0.4, -0.2) is 47.8 Å². The predicted octanol–water partition coefficient (Wildman–Crippen LogP) is 4.69. The maximum atomic E-state index is 13.1. The molecule has 0 aromatic heterocycles. The Kier molecular flexibility index (Phi) is 8.14. The quantitative estimate of drug-likeness (QED) is 0.669. The van der Waals surface area contributed by atoms with Gasteiger partial charge in [0.1, 0.15) is 0 Å². The number of nitrogens with zero attached hydrogens (tertiary/aromatic N) is 2. The summed E-state index contributed by atoms with van der Waals surface area (Å²) in [5.74, 6) is -0.382. The van der Waals surface area contributed by atoms with Crippen molar-refractivity contribution in [2.45, 2.75) is 26.3 Å². The highest BCUT2D eigenvalue weighted by molar-refractivity contribution is 6.39. The first-order valence-electron chi connectivity index (χ1n) is 10.3. The van der Waals surface area contributed by atoms with Gasteiger partial charge in [-0.15, -0.1) is 0 Å². The number of carbonyl (C=O) groups is 2. The molecule has 3 rings (SSSR count). The number of nitrogens with one attached hydrogen (secondary N) is 1. The fourth-order valence-electron chi connectivity index (χ4n) is 3.82. The van der Waals surface area contributed by atoms with Gasteiger partial charge in [0.2, 0.25) is 11.8 Å². The van der Waals surface area contributed by atoms with Gasteiger partial charge in [0.05, 0.1) is 28.2 Å². The number of hydrogen-bond donors (Lipinski definition) is 1. The summed E-state index contributed by atoms with van der Waals surface area (Å²) >= 11 is 12.3. The first kappa shape index (κ1) is 22.6. The molecule has 7 heteroatoms. The lowest BCUT2D eigenvalue weighted by Gasteiger charge is -2.34. The van der Waals surface area contributed by atoms with Crippen molar-refractivity contribution in [3.05, 3.63) is 64.1 Å². The summed E-state index contributed by atoms with van der Waals surface area (Å²) in [4.78, 5) is 29.6. The number of anilines is 1. The second kappa shape index (κ2) is 10.8. The van der Waals surface area contributed by atoms with Crippen LogP contribution in [0, 0.1) is 5.92 Å². The highest BCUT2D eigenvalue weighted by Crippen LogP contribution is 2.29. The highest BCUT2D eigenvalue weighted by Gasteiger charge is 2.29. The lowest BCUT2D eigenvalue weighted by Crippen LogP contribution is -2.46. The molecule has 1 atom stereocenters. The molecule has 30 heavy (non-hydrogen) atoms. The number of hydrogen-bond acceptors (Lipinski definition) is 3. The van der Waals surface area contributed by atoms with Gasteiger partial charge in [-0.25, -0.2) is 0 Å². The molecule has 2 amide bonds. The van der Waals surface area contributed by atoms with Crippen LogP contribution in [0.1, 0.15) is 25.3 Å². The van der Waals surface area contributed by atoms with E-state index in [4.69, 9.17) is 23.2 Å². The van der Waals surface area contributed by atoms with E-state index in [9.17, 15) is 9.59 Å². The van der Waals surface area contributed by atoms with Crippen molar-refractivity contribution in [3.63, 3.8) is 0 Å². The van der Waals surface area contributed by atoms with Crippen LogP contribution in [0.15, 0.2) is 48.5 Å². The van der Waals surface area contributed by atoms with Crippen LogP contribution in [0.25, 0.3) is 0 Å². The highest BCUT2D eigenvalue weighted by atomic mass is 35.5. The lowest BCUT2D eigenvalue weighted by molar-refractivity contribution is -0.139. The van der Waals surface area contributed by atoms with Crippen molar-refractivity contribution in [2.75, 3.05) is 31.5 Å². The van der Waals surface area contributed by atoms with Gasteiger partial charge in [-0.2, -0.15) is 0 Å². The number of likely N-dealkylation sites (N-methyl/N-ethyl adjacent to an activating group) is 1. The van der Waals surface area contributed by atoms with Crippen molar-refractivity contribution < 1.29 is 9.59 Å². The monoisotopic (exact) mass is 447 g/mol. The number of amides is 2. The van der Waals surface area contributed by atoms with Crippen LogP contribution in [0.2, 0.25) is 10.0 Å². The van der Waals surface area contributed by atoms with Crippen molar-refractivity contribution in [1.29, 1.82) is 0 Å². The molecule has 1 unspecified atom stereocenters. The topological polar surface area (TPSA) is 52.7 Å². The van der Waals surface area contributed by atoms with Gasteiger partial charge in [-0.3, -0.25) is 14.5 Å². The van der Waals surface area contributed by atoms with E-state index in [1.54, 1.807) is 23.1 Å². The van der Waals surface area contributed by atoms with Crippen molar-refractivity contribution in [1.82, 2.24) is 9.80 Å². The standard InChI is InChI=1S/C23H27Cl2N3O2/c1-2-28(16-21(29)26-22-19(24)11-6-12-20(22)25)23(30)18-10-7-13-27(15-18)14-17-8-4-3-5-9-17/h3-6,8-9,11-12,18H,2,7,10,13-16H2,1H3,(H,26,29). The van der Waals surface area contributed by atoms with Crippen LogP contribution in [0.4, 0.5) is 5.69 Å². The second-order valence-corrected chi connectivity index (χ2v) is 8.37.